The second-order valence-electron chi connectivity index (χ2n) is 9.78. The minimum Gasteiger partial charge on any atom is -0.486 e. The summed E-state index contributed by atoms with van der Waals surface area (Å²) in [5, 5.41) is 10.4. The maximum atomic E-state index is 11.3. The fraction of sp³-hybridized carbons (Fsp3) is 0.400. The highest BCUT2D eigenvalue weighted by Gasteiger charge is 2.74. The van der Waals surface area contributed by atoms with Gasteiger partial charge in [-0.2, -0.15) is 0 Å². The third kappa shape index (κ3) is 1.96. The number of rotatable bonds is 2. The molecule has 3 aromatic rings. The summed E-state index contributed by atoms with van der Waals surface area (Å²) < 4.78 is 7.62. The lowest BCUT2D eigenvalue weighted by Gasteiger charge is -2.43. The van der Waals surface area contributed by atoms with Crippen molar-refractivity contribution in [2.24, 2.45) is 11.3 Å². The van der Waals surface area contributed by atoms with Gasteiger partial charge in [0.15, 0.2) is 0 Å². The normalized spacial score (nSPS) is 30.9. The summed E-state index contributed by atoms with van der Waals surface area (Å²) in [4.78, 5) is 12.5. The average molecular weight is 405 g/mol. The van der Waals surface area contributed by atoms with Crippen molar-refractivity contribution in [1.29, 1.82) is 0 Å². The van der Waals surface area contributed by atoms with Gasteiger partial charge in [0.2, 0.25) is 0 Å². The molecule has 0 radical (unpaired) electrons. The maximum absolute atomic E-state index is 11.3. The van der Waals surface area contributed by atoms with Crippen LogP contribution in [0.5, 0.6) is 5.75 Å². The van der Waals surface area contributed by atoms with Crippen LogP contribution in [0.1, 0.15) is 56.0 Å². The van der Waals surface area contributed by atoms with Crippen LogP contribution in [0.3, 0.4) is 0 Å². The number of fused-ring (bicyclic) bond motifs is 3. The first-order valence-electron chi connectivity index (χ1n) is 10.4. The van der Waals surface area contributed by atoms with Crippen LogP contribution in [0.4, 0.5) is 0 Å². The minimum atomic E-state index is -0.880. The van der Waals surface area contributed by atoms with Crippen LogP contribution >= 0.6 is 11.3 Å². The molecule has 2 saturated carbocycles. The molecule has 1 aromatic heterocycles. The van der Waals surface area contributed by atoms with E-state index in [0.717, 1.165) is 28.2 Å². The van der Waals surface area contributed by atoms with Crippen molar-refractivity contribution < 1.29 is 14.6 Å². The molecule has 2 aromatic carbocycles. The van der Waals surface area contributed by atoms with Crippen molar-refractivity contribution in [2.75, 3.05) is 0 Å². The van der Waals surface area contributed by atoms with Crippen LogP contribution in [-0.4, -0.2) is 16.7 Å². The van der Waals surface area contributed by atoms with Crippen LogP contribution in [0.25, 0.3) is 20.5 Å². The number of aromatic carboxylic acids is 1. The van der Waals surface area contributed by atoms with E-state index in [-0.39, 0.29) is 16.4 Å². The zero-order valence-electron chi connectivity index (χ0n) is 16.9. The molecule has 0 saturated heterocycles. The van der Waals surface area contributed by atoms with E-state index in [1.54, 1.807) is 23.5 Å². The predicted molar refractivity (Wildman–Crippen MR) is 116 cm³/mol. The van der Waals surface area contributed by atoms with Crippen molar-refractivity contribution in [3.63, 3.8) is 0 Å². The van der Waals surface area contributed by atoms with Crippen molar-refractivity contribution in [2.45, 2.75) is 51.0 Å². The Hall–Kier alpha value is -2.33. The first kappa shape index (κ1) is 17.5. The molecule has 1 aliphatic heterocycles. The van der Waals surface area contributed by atoms with Crippen LogP contribution in [0, 0.1) is 11.3 Å². The Labute approximate surface area is 174 Å². The van der Waals surface area contributed by atoms with Gasteiger partial charge in [-0.05, 0) is 84.9 Å². The van der Waals surface area contributed by atoms with E-state index < -0.39 is 5.97 Å². The highest BCUT2D eigenvalue weighted by atomic mass is 32.1. The Morgan fingerprint density at radius 2 is 1.97 bits per heavy atom. The standard InChI is InChI=1S/C25H24O3S/c1-23(2)17-8-9-25(23)18-10-14(6-7-19(18)28-24(25,3)13-17)20-11-15-4-5-16(22(26)27)12-21(15)29-20/h4-7,10-12,17H,8-9,13H2,1-3H3,(H,26,27). The molecule has 1 spiro atoms. The van der Waals surface area contributed by atoms with E-state index in [1.807, 2.05) is 6.07 Å². The Kier molecular flexibility index (Phi) is 3.16. The van der Waals surface area contributed by atoms with Gasteiger partial charge < -0.3 is 9.84 Å². The van der Waals surface area contributed by atoms with Crippen molar-refractivity contribution >= 4 is 27.4 Å². The monoisotopic (exact) mass is 404 g/mol. The first-order valence-corrected chi connectivity index (χ1v) is 11.2. The molecule has 29 heavy (non-hydrogen) atoms. The summed E-state index contributed by atoms with van der Waals surface area (Å²) in [6.45, 7) is 7.20. The second-order valence-corrected chi connectivity index (χ2v) is 10.9. The lowest BCUT2D eigenvalue weighted by Crippen LogP contribution is -2.50. The Balaban J connectivity index is 1.50. The fourth-order valence-electron chi connectivity index (χ4n) is 6.92. The Bertz CT molecular complexity index is 1210. The molecule has 3 aliphatic rings. The van der Waals surface area contributed by atoms with Gasteiger partial charge in [0.05, 0.1) is 5.56 Å². The third-order valence-electron chi connectivity index (χ3n) is 8.35. The lowest BCUT2D eigenvalue weighted by molar-refractivity contribution is 0.0227. The number of carbonyl (C=O) groups is 1. The number of hydrogen-bond donors (Lipinski definition) is 1. The quantitative estimate of drug-likeness (QED) is 0.531. The number of hydrogen-bond acceptors (Lipinski definition) is 3. The van der Waals surface area contributed by atoms with Gasteiger partial charge in [0.25, 0.3) is 0 Å². The second kappa shape index (κ2) is 5.23. The lowest BCUT2D eigenvalue weighted by atomic mass is 9.61. The Morgan fingerprint density at radius 1 is 1.14 bits per heavy atom. The van der Waals surface area contributed by atoms with Crippen LogP contribution in [0.2, 0.25) is 0 Å². The smallest absolute Gasteiger partial charge is 0.335 e. The molecule has 3 unspecified atom stereocenters. The van der Waals surface area contributed by atoms with E-state index in [0.29, 0.717) is 5.56 Å². The zero-order valence-corrected chi connectivity index (χ0v) is 17.7. The molecule has 0 amide bonds. The summed E-state index contributed by atoms with van der Waals surface area (Å²) in [6.07, 6.45) is 3.63. The molecule has 1 N–H and O–H groups in total. The molecule has 2 aliphatic carbocycles. The van der Waals surface area contributed by atoms with Gasteiger partial charge in [-0.1, -0.05) is 19.9 Å². The maximum Gasteiger partial charge on any atom is 0.335 e. The van der Waals surface area contributed by atoms with Gasteiger partial charge >= 0.3 is 5.97 Å². The molecule has 148 valence electrons. The van der Waals surface area contributed by atoms with Crippen molar-refractivity contribution in [3.8, 4) is 16.2 Å². The number of benzene rings is 2. The largest absolute Gasteiger partial charge is 0.486 e. The van der Waals surface area contributed by atoms with E-state index >= 15 is 0 Å². The molecule has 2 fully saturated rings. The van der Waals surface area contributed by atoms with E-state index in [4.69, 9.17) is 4.74 Å². The molecule has 2 heterocycles. The Morgan fingerprint density at radius 3 is 2.72 bits per heavy atom. The highest BCUT2D eigenvalue weighted by molar-refractivity contribution is 7.22. The van der Waals surface area contributed by atoms with Gasteiger partial charge in [-0.25, -0.2) is 4.79 Å². The van der Waals surface area contributed by atoms with Crippen molar-refractivity contribution in [3.05, 3.63) is 53.6 Å². The highest BCUT2D eigenvalue weighted by Crippen LogP contribution is 2.74. The predicted octanol–water partition coefficient (Wildman–Crippen LogP) is 6.50. The molecule has 6 rings (SSSR count). The number of thiophene rings is 1. The number of ether oxygens (including phenoxy) is 1. The van der Waals surface area contributed by atoms with Crippen LogP contribution in [0.15, 0.2) is 42.5 Å². The molecule has 2 bridgehead atoms. The summed E-state index contributed by atoms with van der Waals surface area (Å²) in [5.74, 6) is 0.899. The van der Waals surface area contributed by atoms with Crippen LogP contribution in [-0.2, 0) is 5.41 Å². The van der Waals surface area contributed by atoms with Gasteiger partial charge in [0, 0.05) is 20.6 Å². The third-order valence-corrected chi connectivity index (χ3v) is 9.50. The zero-order chi connectivity index (χ0) is 20.2. The van der Waals surface area contributed by atoms with E-state index in [1.165, 1.54) is 28.8 Å². The molecule has 3 nitrogen and oxygen atoms in total. The van der Waals surface area contributed by atoms with Crippen LogP contribution < -0.4 is 4.74 Å². The molecular weight excluding hydrogens is 380 g/mol. The molecule has 4 heteroatoms. The fourth-order valence-corrected chi connectivity index (χ4v) is 8.02. The molecular formula is C25H24O3S. The summed E-state index contributed by atoms with van der Waals surface area (Å²) in [6, 6.07) is 14.2. The SMILES string of the molecule is CC12CC3CCC1(c1cc(-c4cc5ccc(C(=O)O)cc5s4)ccc1O2)C3(C)C. The average Bonchev–Trinajstić information content (AvgIpc) is 3.33. The summed E-state index contributed by atoms with van der Waals surface area (Å²) >= 11 is 1.66. The van der Waals surface area contributed by atoms with Gasteiger partial charge in [-0.15, -0.1) is 11.3 Å². The minimum absolute atomic E-state index is 0.0865. The van der Waals surface area contributed by atoms with Crippen molar-refractivity contribution in [1.82, 2.24) is 0 Å². The summed E-state index contributed by atoms with van der Waals surface area (Å²) in [7, 11) is 0. The van der Waals surface area contributed by atoms with Gasteiger partial charge in [-0.3, -0.25) is 0 Å². The topological polar surface area (TPSA) is 46.5 Å². The van der Waals surface area contributed by atoms with E-state index in [2.05, 4.69) is 45.0 Å². The summed E-state index contributed by atoms with van der Waals surface area (Å²) in [5.41, 5.74) is 3.15. The number of carboxylic acid groups (broad SMARTS) is 1. The van der Waals surface area contributed by atoms with Gasteiger partial charge in [0.1, 0.15) is 11.4 Å². The molecule has 3 atom stereocenters. The number of carboxylic acids is 1. The van der Waals surface area contributed by atoms with E-state index in [9.17, 15) is 9.90 Å². The first-order chi connectivity index (χ1) is 13.7.